The predicted octanol–water partition coefficient (Wildman–Crippen LogP) is 2.84. The summed E-state index contributed by atoms with van der Waals surface area (Å²) in [5.41, 5.74) is 0.314. The van der Waals surface area contributed by atoms with E-state index in [-0.39, 0.29) is 11.6 Å². The number of nitrogens with one attached hydrogen (secondary N) is 2. The molecule has 0 saturated carbocycles. The standard InChI is InChI=1S/C13H10Cl2N2O3/c14-8-3-4-11(10(15)6-8)17-13(19)12(18)16-7-9-2-1-5-20-9/h1-6H,7H2,(H,16,18)(H,17,19). The zero-order chi connectivity index (χ0) is 14.5. The Kier molecular flexibility index (Phi) is 4.65. The van der Waals surface area contributed by atoms with Crippen molar-refractivity contribution in [2.24, 2.45) is 0 Å². The quantitative estimate of drug-likeness (QED) is 0.856. The van der Waals surface area contributed by atoms with Crippen LogP contribution in [0.2, 0.25) is 10.0 Å². The molecule has 0 aliphatic heterocycles. The van der Waals surface area contributed by atoms with Gasteiger partial charge in [-0.05, 0) is 30.3 Å². The van der Waals surface area contributed by atoms with E-state index in [2.05, 4.69) is 10.6 Å². The van der Waals surface area contributed by atoms with Crippen molar-refractivity contribution in [3.05, 3.63) is 52.4 Å². The summed E-state index contributed by atoms with van der Waals surface area (Å²) in [4.78, 5) is 23.3. The van der Waals surface area contributed by atoms with Gasteiger partial charge in [-0.3, -0.25) is 9.59 Å². The highest BCUT2D eigenvalue weighted by atomic mass is 35.5. The number of rotatable bonds is 3. The van der Waals surface area contributed by atoms with Gasteiger partial charge in [0.2, 0.25) is 0 Å². The van der Waals surface area contributed by atoms with E-state index in [1.165, 1.54) is 18.4 Å². The molecule has 0 bridgehead atoms. The molecule has 2 rings (SSSR count). The zero-order valence-electron chi connectivity index (χ0n) is 10.2. The minimum absolute atomic E-state index is 0.133. The van der Waals surface area contributed by atoms with Crippen LogP contribution in [0.15, 0.2) is 41.0 Å². The Labute approximate surface area is 124 Å². The largest absolute Gasteiger partial charge is 0.467 e. The van der Waals surface area contributed by atoms with Gasteiger partial charge in [-0.2, -0.15) is 0 Å². The van der Waals surface area contributed by atoms with E-state index in [0.717, 1.165) is 0 Å². The Balaban J connectivity index is 1.92. The Morgan fingerprint density at radius 2 is 1.95 bits per heavy atom. The van der Waals surface area contributed by atoms with Crippen molar-refractivity contribution in [3.63, 3.8) is 0 Å². The molecule has 0 fully saturated rings. The van der Waals surface area contributed by atoms with Crippen molar-refractivity contribution in [2.75, 3.05) is 5.32 Å². The van der Waals surface area contributed by atoms with E-state index >= 15 is 0 Å². The summed E-state index contributed by atoms with van der Waals surface area (Å²) in [6.07, 6.45) is 1.48. The third-order valence-electron chi connectivity index (χ3n) is 2.39. The molecular formula is C13H10Cl2N2O3. The molecular weight excluding hydrogens is 303 g/mol. The number of halogens is 2. The number of hydrogen-bond acceptors (Lipinski definition) is 3. The van der Waals surface area contributed by atoms with Crippen LogP contribution in [0, 0.1) is 0 Å². The lowest BCUT2D eigenvalue weighted by molar-refractivity contribution is -0.136. The molecule has 2 amide bonds. The zero-order valence-corrected chi connectivity index (χ0v) is 11.7. The van der Waals surface area contributed by atoms with Gasteiger partial charge in [0.15, 0.2) is 0 Å². The fourth-order valence-corrected chi connectivity index (χ4v) is 1.89. The first-order valence-electron chi connectivity index (χ1n) is 5.63. The van der Waals surface area contributed by atoms with Crippen molar-refractivity contribution < 1.29 is 14.0 Å². The van der Waals surface area contributed by atoms with Crippen LogP contribution < -0.4 is 10.6 Å². The van der Waals surface area contributed by atoms with Crippen LogP contribution in [0.4, 0.5) is 5.69 Å². The smallest absolute Gasteiger partial charge is 0.313 e. The number of anilines is 1. The third kappa shape index (κ3) is 3.76. The number of hydrogen-bond donors (Lipinski definition) is 2. The third-order valence-corrected chi connectivity index (χ3v) is 2.94. The molecule has 0 unspecified atom stereocenters. The van der Waals surface area contributed by atoms with Crippen LogP contribution in [0.1, 0.15) is 5.76 Å². The first-order chi connectivity index (χ1) is 9.56. The second-order valence-electron chi connectivity index (χ2n) is 3.84. The van der Waals surface area contributed by atoms with Gasteiger partial charge in [0.05, 0.1) is 23.5 Å². The molecule has 0 aliphatic rings. The average molecular weight is 313 g/mol. The average Bonchev–Trinajstić information content (AvgIpc) is 2.92. The van der Waals surface area contributed by atoms with Gasteiger partial charge < -0.3 is 15.1 Å². The second kappa shape index (κ2) is 6.45. The van der Waals surface area contributed by atoms with Gasteiger partial charge in [-0.15, -0.1) is 0 Å². The summed E-state index contributed by atoms with van der Waals surface area (Å²) in [6.45, 7) is 0.133. The highest BCUT2D eigenvalue weighted by Gasteiger charge is 2.15. The van der Waals surface area contributed by atoms with Crippen LogP contribution >= 0.6 is 23.2 Å². The topological polar surface area (TPSA) is 71.3 Å². The number of benzene rings is 1. The van der Waals surface area contributed by atoms with E-state index in [9.17, 15) is 9.59 Å². The lowest BCUT2D eigenvalue weighted by Gasteiger charge is -2.07. The molecule has 0 saturated heterocycles. The van der Waals surface area contributed by atoms with Crippen molar-refractivity contribution in [3.8, 4) is 0 Å². The van der Waals surface area contributed by atoms with E-state index in [1.807, 2.05) is 0 Å². The number of carbonyl (C=O) groups is 2. The van der Waals surface area contributed by atoms with Gasteiger partial charge in [-0.25, -0.2) is 0 Å². The maximum Gasteiger partial charge on any atom is 0.313 e. The molecule has 0 spiro atoms. The normalized spacial score (nSPS) is 10.1. The highest BCUT2D eigenvalue weighted by molar-refractivity contribution is 6.42. The molecule has 1 heterocycles. The lowest BCUT2D eigenvalue weighted by atomic mass is 10.3. The Morgan fingerprint density at radius 1 is 1.15 bits per heavy atom. The molecule has 0 atom stereocenters. The molecule has 104 valence electrons. The van der Waals surface area contributed by atoms with Crippen LogP contribution in [0.3, 0.4) is 0 Å². The van der Waals surface area contributed by atoms with Crippen molar-refractivity contribution in [1.82, 2.24) is 5.32 Å². The Bertz CT molecular complexity index is 627. The van der Waals surface area contributed by atoms with Crippen LogP contribution in [-0.4, -0.2) is 11.8 Å². The van der Waals surface area contributed by atoms with Gasteiger partial charge >= 0.3 is 11.8 Å². The maximum atomic E-state index is 11.7. The molecule has 2 N–H and O–H groups in total. The summed E-state index contributed by atoms with van der Waals surface area (Å²) in [7, 11) is 0. The van der Waals surface area contributed by atoms with Gasteiger partial charge in [0, 0.05) is 5.02 Å². The van der Waals surface area contributed by atoms with E-state index < -0.39 is 11.8 Å². The van der Waals surface area contributed by atoms with Gasteiger partial charge in [0.25, 0.3) is 0 Å². The van der Waals surface area contributed by atoms with Crippen LogP contribution in [0.25, 0.3) is 0 Å². The first kappa shape index (κ1) is 14.4. The fourth-order valence-electron chi connectivity index (χ4n) is 1.43. The van der Waals surface area contributed by atoms with Crippen molar-refractivity contribution >= 4 is 40.7 Å². The summed E-state index contributed by atoms with van der Waals surface area (Å²) < 4.78 is 5.03. The molecule has 0 radical (unpaired) electrons. The van der Waals surface area contributed by atoms with Gasteiger partial charge in [0.1, 0.15) is 5.76 Å². The Morgan fingerprint density at radius 3 is 2.60 bits per heavy atom. The van der Waals surface area contributed by atoms with Crippen molar-refractivity contribution in [1.29, 1.82) is 0 Å². The predicted molar refractivity (Wildman–Crippen MR) is 75.6 cm³/mol. The van der Waals surface area contributed by atoms with Gasteiger partial charge in [-0.1, -0.05) is 23.2 Å². The number of carbonyl (C=O) groups excluding carboxylic acids is 2. The monoisotopic (exact) mass is 312 g/mol. The minimum Gasteiger partial charge on any atom is -0.467 e. The summed E-state index contributed by atoms with van der Waals surface area (Å²) in [5, 5.41) is 5.51. The molecule has 5 nitrogen and oxygen atoms in total. The second-order valence-corrected chi connectivity index (χ2v) is 4.68. The summed E-state index contributed by atoms with van der Waals surface area (Å²) in [5.74, 6) is -1.05. The van der Waals surface area contributed by atoms with Crippen LogP contribution in [-0.2, 0) is 16.1 Å². The molecule has 1 aromatic carbocycles. The lowest BCUT2D eigenvalue weighted by Crippen LogP contribution is -2.34. The van der Waals surface area contributed by atoms with E-state index in [4.69, 9.17) is 27.6 Å². The fraction of sp³-hybridized carbons (Fsp3) is 0.0769. The molecule has 20 heavy (non-hydrogen) atoms. The summed E-state index contributed by atoms with van der Waals surface area (Å²) >= 11 is 11.6. The minimum atomic E-state index is -0.819. The molecule has 7 heteroatoms. The first-order valence-corrected chi connectivity index (χ1v) is 6.38. The van der Waals surface area contributed by atoms with Crippen molar-refractivity contribution in [2.45, 2.75) is 6.54 Å². The van der Waals surface area contributed by atoms with E-state index in [0.29, 0.717) is 16.5 Å². The number of amides is 2. The SMILES string of the molecule is O=C(NCc1ccco1)C(=O)Nc1ccc(Cl)cc1Cl. The molecule has 1 aromatic heterocycles. The van der Waals surface area contributed by atoms with Crippen LogP contribution in [0.5, 0.6) is 0 Å². The molecule has 0 aliphatic carbocycles. The van der Waals surface area contributed by atoms with E-state index in [1.54, 1.807) is 18.2 Å². The number of furan rings is 1. The highest BCUT2D eigenvalue weighted by Crippen LogP contribution is 2.25. The molecule has 2 aromatic rings. The maximum absolute atomic E-state index is 11.7. The Hall–Kier alpha value is -1.98. The summed E-state index contributed by atoms with van der Waals surface area (Å²) in [6, 6.07) is 7.93.